The molecule has 4 heteroatoms. The van der Waals surface area contributed by atoms with Crippen molar-refractivity contribution < 1.29 is 17.6 Å². The van der Waals surface area contributed by atoms with E-state index in [1.807, 2.05) is 0 Å². The lowest BCUT2D eigenvalue weighted by Crippen LogP contribution is -1.95. The van der Waals surface area contributed by atoms with E-state index in [0.717, 1.165) is 0 Å². The highest BCUT2D eigenvalue weighted by atomic mass is 19.2. The minimum absolute atomic E-state index is 0.162. The van der Waals surface area contributed by atoms with Crippen molar-refractivity contribution in [2.45, 2.75) is 19.8 Å². The summed E-state index contributed by atoms with van der Waals surface area (Å²) in [7, 11) is 0. The van der Waals surface area contributed by atoms with Gasteiger partial charge < -0.3 is 0 Å². The summed E-state index contributed by atoms with van der Waals surface area (Å²) in [5.74, 6) is -2.27. The Labute approximate surface area is 127 Å². The molecule has 0 saturated heterocycles. The predicted molar refractivity (Wildman–Crippen MR) is 80.8 cm³/mol. The Hall–Kier alpha value is -2.10. The molecule has 2 rings (SSSR count). The van der Waals surface area contributed by atoms with Crippen LogP contribution >= 0.6 is 0 Å². The molecule has 0 amide bonds. The van der Waals surface area contributed by atoms with E-state index < -0.39 is 24.1 Å². The molecule has 0 saturated carbocycles. The van der Waals surface area contributed by atoms with Crippen LogP contribution in [-0.2, 0) is 6.42 Å². The lowest BCUT2D eigenvalue weighted by molar-refractivity contribution is 0.458. The van der Waals surface area contributed by atoms with E-state index in [2.05, 4.69) is 0 Å². The minimum Gasteiger partial charge on any atom is -0.251 e. The van der Waals surface area contributed by atoms with Gasteiger partial charge in [0.1, 0.15) is 5.83 Å². The quantitative estimate of drug-likeness (QED) is 0.606. The molecule has 0 aliphatic carbocycles. The highest BCUT2D eigenvalue weighted by molar-refractivity contribution is 5.67. The molecule has 0 N–H and O–H groups in total. The van der Waals surface area contributed by atoms with Gasteiger partial charge in [0, 0.05) is 12.0 Å². The fraction of sp³-hybridized carbons (Fsp3) is 0.222. The third-order valence-electron chi connectivity index (χ3n) is 3.42. The van der Waals surface area contributed by atoms with Gasteiger partial charge in [0.2, 0.25) is 0 Å². The van der Waals surface area contributed by atoms with E-state index in [4.69, 9.17) is 0 Å². The number of rotatable bonds is 5. The summed E-state index contributed by atoms with van der Waals surface area (Å²) >= 11 is 0. The third kappa shape index (κ3) is 3.56. The van der Waals surface area contributed by atoms with E-state index in [1.165, 1.54) is 12.1 Å². The smallest absolute Gasteiger partial charge is 0.166 e. The van der Waals surface area contributed by atoms with Gasteiger partial charge in [-0.05, 0) is 29.2 Å². The Bertz CT molecular complexity index is 672. The van der Waals surface area contributed by atoms with Crippen molar-refractivity contribution in [1.82, 2.24) is 0 Å². The zero-order valence-electron chi connectivity index (χ0n) is 12.2. The van der Waals surface area contributed by atoms with Gasteiger partial charge in [-0.2, -0.15) is 0 Å². The van der Waals surface area contributed by atoms with Crippen LogP contribution in [0.25, 0.3) is 17.2 Å². The van der Waals surface area contributed by atoms with Gasteiger partial charge in [-0.15, -0.1) is 0 Å². The summed E-state index contributed by atoms with van der Waals surface area (Å²) in [6.07, 6.45) is 1.38. The van der Waals surface area contributed by atoms with Crippen LogP contribution in [-0.4, -0.2) is 6.67 Å². The lowest BCUT2D eigenvalue weighted by Gasteiger charge is -2.08. The van der Waals surface area contributed by atoms with Crippen molar-refractivity contribution in [3.63, 3.8) is 0 Å². The first kappa shape index (κ1) is 16.3. The maximum atomic E-state index is 14.1. The zero-order chi connectivity index (χ0) is 16.1. The second-order valence-electron chi connectivity index (χ2n) is 4.91. The maximum Gasteiger partial charge on any atom is 0.166 e. The van der Waals surface area contributed by atoms with Gasteiger partial charge in [0.15, 0.2) is 11.6 Å². The summed E-state index contributed by atoms with van der Waals surface area (Å²) in [6.45, 7) is 0.999. The molecular weight excluding hydrogens is 292 g/mol. The molecule has 0 radical (unpaired) electrons. The molecule has 0 heterocycles. The van der Waals surface area contributed by atoms with E-state index in [9.17, 15) is 17.6 Å². The van der Waals surface area contributed by atoms with Crippen molar-refractivity contribution in [3.8, 4) is 11.1 Å². The number of alkyl halides is 1. The Morgan fingerprint density at radius 1 is 1.00 bits per heavy atom. The molecule has 2 aromatic carbocycles. The average Bonchev–Trinajstić information content (AvgIpc) is 2.51. The first-order chi connectivity index (χ1) is 10.6. The molecule has 116 valence electrons. The van der Waals surface area contributed by atoms with Gasteiger partial charge in [-0.1, -0.05) is 43.3 Å². The first-order valence-electron chi connectivity index (χ1n) is 7.06. The number of hydrogen-bond donors (Lipinski definition) is 0. The lowest BCUT2D eigenvalue weighted by atomic mass is 10.0. The third-order valence-corrected chi connectivity index (χ3v) is 3.42. The number of halogens is 4. The van der Waals surface area contributed by atoms with E-state index in [-0.39, 0.29) is 12.0 Å². The Balaban J connectivity index is 2.32. The molecule has 0 bridgehead atoms. The normalized spacial score (nSPS) is 11.8. The molecule has 0 aliphatic heterocycles. The Kier molecular flexibility index (Phi) is 5.36. The fourth-order valence-electron chi connectivity index (χ4n) is 2.19. The fourth-order valence-corrected chi connectivity index (χ4v) is 2.19. The van der Waals surface area contributed by atoms with E-state index in [0.29, 0.717) is 23.1 Å². The average molecular weight is 308 g/mol. The predicted octanol–water partition coefficient (Wildman–Crippen LogP) is 5.86. The van der Waals surface area contributed by atoms with Crippen molar-refractivity contribution in [2.75, 3.05) is 6.67 Å². The van der Waals surface area contributed by atoms with Gasteiger partial charge in [0.25, 0.3) is 0 Å². The van der Waals surface area contributed by atoms with E-state index >= 15 is 0 Å². The van der Waals surface area contributed by atoms with Crippen LogP contribution in [0.4, 0.5) is 17.6 Å². The Morgan fingerprint density at radius 3 is 2.27 bits per heavy atom. The van der Waals surface area contributed by atoms with Gasteiger partial charge in [-0.3, -0.25) is 4.39 Å². The summed E-state index contributed by atoms with van der Waals surface area (Å²) in [4.78, 5) is 0. The summed E-state index contributed by atoms with van der Waals surface area (Å²) in [5, 5.41) is 0. The molecule has 2 aromatic rings. The standard InChI is InChI=1S/C18H16F4/c1-2-13-7-8-16(18(22)17(13)21)14-5-3-12(4-6-14)11-15(20)9-10-19/h3-8,11H,2,9-10H2,1H3/b15-11-. The zero-order valence-corrected chi connectivity index (χ0v) is 12.2. The van der Waals surface area contributed by atoms with Crippen molar-refractivity contribution in [3.05, 3.63) is 65.0 Å². The van der Waals surface area contributed by atoms with Gasteiger partial charge in [-0.25, -0.2) is 13.2 Å². The van der Waals surface area contributed by atoms with Crippen LogP contribution in [0.1, 0.15) is 24.5 Å². The molecule has 0 aromatic heterocycles. The van der Waals surface area contributed by atoms with Crippen LogP contribution in [0.2, 0.25) is 0 Å². The minimum atomic E-state index is -0.883. The Morgan fingerprint density at radius 2 is 1.68 bits per heavy atom. The van der Waals surface area contributed by atoms with Crippen LogP contribution in [0, 0.1) is 11.6 Å². The van der Waals surface area contributed by atoms with Crippen LogP contribution in [0.3, 0.4) is 0 Å². The topological polar surface area (TPSA) is 0 Å². The summed E-state index contributed by atoms with van der Waals surface area (Å²) in [5.41, 5.74) is 1.53. The SMILES string of the molecule is CCc1ccc(-c2ccc(/C=C(\F)CCF)cc2)c(F)c1F. The van der Waals surface area contributed by atoms with Gasteiger partial charge >= 0.3 is 0 Å². The second kappa shape index (κ2) is 7.25. The molecule has 0 unspecified atom stereocenters. The summed E-state index contributed by atoms with van der Waals surface area (Å²) < 4.78 is 53.1. The van der Waals surface area contributed by atoms with Gasteiger partial charge in [0.05, 0.1) is 6.67 Å². The second-order valence-corrected chi connectivity index (χ2v) is 4.91. The maximum absolute atomic E-state index is 14.1. The highest BCUT2D eigenvalue weighted by Crippen LogP contribution is 2.27. The monoisotopic (exact) mass is 308 g/mol. The van der Waals surface area contributed by atoms with Crippen LogP contribution in [0.5, 0.6) is 0 Å². The molecule has 22 heavy (non-hydrogen) atoms. The number of allylic oxidation sites excluding steroid dienone is 1. The molecule has 0 atom stereocenters. The number of benzene rings is 2. The first-order valence-corrected chi connectivity index (χ1v) is 7.06. The molecule has 0 nitrogen and oxygen atoms in total. The number of hydrogen-bond acceptors (Lipinski definition) is 0. The number of aryl methyl sites for hydroxylation is 1. The van der Waals surface area contributed by atoms with Crippen molar-refractivity contribution in [1.29, 1.82) is 0 Å². The van der Waals surface area contributed by atoms with E-state index in [1.54, 1.807) is 37.3 Å². The van der Waals surface area contributed by atoms with Crippen molar-refractivity contribution in [2.24, 2.45) is 0 Å². The molecular formula is C18H16F4. The summed E-state index contributed by atoms with van der Waals surface area (Å²) in [6, 6.07) is 9.42. The molecule has 0 aliphatic rings. The van der Waals surface area contributed by atoms with Crippen LogP contribution < -0.4 is 0 Å². The van der Waals surface area contributed by atoms with Crippen molar-refractivity contribution >= 4 is 6.08 Å². The molecule has 0 spiro atoms. The largest absolute Gasteiger partial charge is 0.251 e. The van der Waals surface area contributed by atoms with Crippen LogP contribution in [0.15, 0.2) is 42.2 Å². The highest BCUT2D eigenvalue weighted by Gasteiger charge is 2.13. The molecule has 0 fully saturated rings.